The predicted molar refractivity (Wildman–Crippen MR) is 128 cm³/mol. The molecule has 0 saturated carbocycles. The van der Waals surface area contributed by atoms with E-state index in [0.717, 1.165) is 21.1 Å². The van der Waals surface area contributed by atoms with Gasteiger partial charge in [0.2, 0.25) is 5.78 Å². The van der Waals surface area contributed by atoms with Crippen molar-refractivity contribution in [1.29, 1.82) is 0 Å². The molecule has 1 atom stereocenters. The Morgan fingerprint density at radius 1 is 1.03 bits per heavy atom. The summed E-state index contributed by atoms with van der Waals surface area (Å²) < 4.78 is 4.56. The van der Waals surface area contributed by atoms with E-state index in [-0.39, 0.29) is 11.5 Å². The lowest BCUT2D eigenvalue weighted by Crippen LogP contribution is -2.24. The van der Waals surface area contributed by atoms with Crippen LogP contribution in [0, 0.1) is 6.92 Å². The van der Waals surface area contributed by atoms with Crippen LogP contribution in [0.25, 0.3) is 16.0 Å². The van der Waals surface area contributed by atoms with Gasteiger partial charge in [0, 0.05) is 12.3 Å². The number of aryl methyl sites for hydroxylation is 1. The fourth-order valence-corrected chi connectivity index (χ4v) is 5.67. The van der Waals surface area contributed by atoms with Crippen LogP contribution in [-0.2, 0) is 12.3 Å². The molecule has 0 spiro atoms. The molecule has 7 heteroatoms. The summed E-state index contributed by atoms with van der Waals surface area (Å²) in [6, 6.07) is 20.6. The third-order valence-corrected chi connectivity index (χ3v) is 7.49. The molecule has 0 aliphatic carbocycles. The smallest absolute Gasteiger partial charge is 0.272 e. The molecule has 156 valence electrons. The van der Waals surface area contributed by atoms with Gasteiger partial charge in [-0.05, 0) is 41.0 Å². The average Bonchev–Trinajstić information content (AvgIpc) is 3.44. The summed E-state index contributed by atoms with van der Waals surface area (Å²) in [7, 11) is 0. The summed E-state index contributed by atoms with van der Waals surface area (Å²) in [5, 5.41) is 11.7. The summed E-state index contributed by atoms with van der Waals surface area (Å²) in [6.07, 6.45) is 0. The zero-order chi connectivity index (χ0) is 21.4. The van der Waals surface area contributed by atoms with E-state index >= 15 is 0 Å². The van der Waals surface area contributed by atoms with Gasteiger partial charge >= 0.3 is 0 Å². The zero-order valence-corrected chi connectivity index (χ0v) is 19.0. The molecule has 2 aromatic carbocycles. The number of fused-ring (bicyclic) bond motifs is 3. The highest BCUT2D eigenvalue weighted by Crippen LogP contribution is 2.28. The minimum atomic E-state index is 0.00290. The Balaban J connectivity index is 1.57. The first-order valence-electron chi connectivity index (χ1n) is 10.2. The molecular formula is C24H22N4OS2. The van der Waals surface area contributed by atoms with E-state index in [4.69, 9.17) is 0 Å². The number of hydrogen-bond donors (Lipinski definition) is 0. The van der Waals surface area contributed by atoms with Crippen molar-refractivity contribution >= 4 is 39.1 Å². The first kappa shape index (κ1) is 20.0. The SMILES string of the molecule is Cc1ccccc1CSc1nnc2n(C[C@@H](C)c3ccccc3)c(=O)c3sccc3n12. The van der Waals surface area contributed by atoms with Crippen LogP contribution in [0.3, 0.4) is 0 Å². The maximum absolute atomic E-state index is 13.3. The van der Waals surface area contributed by atoms with Crippen LogP contribution in [0.2, 0.25) is 0 Å². The van der Waals surface area contributed by atoms with Gasteiger partial charge in [-0.3, -0.25) is 13.8 Å². The highest BCUT2D eigenvalue weighted by atomic mass is 32.2. The number of rotatable bonds is 6. The third kappa shape index (κ3) is 3.68. The third-order valence-electron chi connectivity index (χ3n) is 5.63. The summed E-state index contributed by atoms with van der Waals surface area (Å²) >= 11 is 3.13. The van der Waals surface area contributed by atoms with Gasteiger partial charge in [0.1, 0.15) is 4.70 Å². The van der Waals surface area contributed by atoms with Crippen LogP contribution >= 0.6 is 23.1 Å². The van der Waals surface area contributed by atoms with Crippen LogP contribution < -0.4 is 5.56 Å². The summed E-state index contributed by atoms with van der Waals surface area (Å²) in [6.45, 7) is 4.82. The molecule has 5 rings (SSSR count). The van der Waals surface area contributed by atoms with Crippen molar-refractivity contribution in [2.45, 2.75) is 37.2 Å². The topological polar surface area (TPSA) is 52.2 Å². The van der Waals surface area contributed by atoms with Crippen molar-refractivity contribution in [3.05, 3.63) is 93.1 Å². The number of hydrogen-bond acceptors (Lipinski definition) is 5. The van der Waals surface area contributed by atoms with E-state index in [0.29, 0.717) is 12.3 Å². The number of thiophene rings is 1. The minimum Gasteiger partial charge on any atom is -0.275 e. The maximum atomic E-state index is 13.3. The Kier molecular flexibility index (Phi) is 5.38. The van der Waals surface area contributed by atoms with Crippen molar-refractivity contribution in [3.63, 3.8) is 0 Å². The first-order valence-corrected chi connectivity index (χ1v) is 12.1. The summed E-state index contributed by atoms with van der Waals surface area (Å²) in [5.74, 6) is 1.59. The second-order valence-corrected chi connectivity index (χ2v) is 9.55. The van der Waals surface area contributed by atoms with Crippen LogP contribution in [0.15, 0.2) is 76.0 Å². The van der Waals surface area contributed by atoms with Gasteiger partial charge in [-0.1, -0.05) is 73.3 Å². The monoisotopic (exact) mass is 446 g/mol. The van der Waals surface area contributed by atoms with Crippen molar-refractivity contribution in [2.24, 2.45) is 0 Å². The van der Waals surface area contributed by atoms with Gasteiger partial charge in [-0.2, -0.15) is 0 Å². The predicted octanol–water partition coefficient (Wildman–Crippen LogP) is 5.51. The van der Waals surface area contributed by atoms with Crippen molar-refractivity contribution in [1.82, 2.24) is 19.2 Å². The molecule has 0 aliphatic rings. The Hall–Kier alpha value is -2.90. The molecule has 0 fully saturated rings. The van der Waals surface area contributed by atoms with Gasteiger partial charge in [0.15, 0.2) is 5.16 Å². The molecule has 0 bridgehead atoms. The van der Waals surface area contributed by atoms with Gasteiger partial charge in [0.05, 0.1) is 5.52 Å². The molecule has 0 aliphatic heterocycles. The molecular weight excluding hydrogens is 424 g/mol. The molecule has 3 aromatic heterocycles. The minimum absolute atomic E-state index is 0.00290. The molecule has 31 heavy (non-hydrogen) atoms. The number of thioether (sulfide) groups is 1. The van der Waals surface area contributed by atoms with E-state index in [1.54, 1.807) is 16.3 Å². The van der Waals surface area contributed by atoms with Crippen LogP contribution in [0.1, 0.15) is 29.5 Å². The highest BCUT2D eigenvalue weighted by molar-refractivity contribution is 7.98. The van der Waals surface area contributed by atoms with Crippen LogP contribution in [0.4, 0.5) is 0 Å². The lowest BCUT2D eigenvalue weighted by Gasteiger charge is -2.15. The highest BCUT2D eigenvalue weighted by Gasteiger charge is 2.19. The molecule has 0 radical (unpaired) electrons. The second-order valence-electron chi connectivity index (χ2n) is 7.70. The molecule has 0 amide bonds. The molecule has 5 nitrogen and oxygen atoms in total. The molecule has 0 N–H and O–H groups in total. The number of aromatic nitrogens is 4. The van der Waals surface area contributed by atoms with E-state index in [9.17, 15) is 4.79 Å². The molecule has 0 saturated heterocycles. The van der Waals surface area contributed by atoms with Crippen molar-refractivity contribution < 1.29 is 0 Å². The summed E-state index contributed by atoms with van der Waals surface area (Å²) in [4.78, 5) is 13.3. The quantitative estimate of drug-likeness (QED) is 0.323. The van der Waals surface area contributed by atoms with Gasteiger partial charge in [-0.25, -0.2) is 0 Å². The van der Waals surface area contributed by atoms with Gasteiger partial charge in [0.25, 0.3) is 5.56 Å². The normalized spacial score (nSPS) is 12.6. The van der Waals surface area contributed by atoms with E-state index in [1.807, 2.05) is 34.0 Å². The molecule has 3 heterocycles. The Bertz CT molecular complexity index is 1420. The fourth-order valence-electron chi connectivity index (χ4n) is 3.83. The van der Waals surface area contributed by atoms with Gasteiger partial charge < -0.3 is 0 Å². The standard InChI is InChI=1S/C24H22N4OS2/c1-16-8-6-7-11-19(16)15-31-24-26-25-23-27(14-17(2)18-9-4-3-5-10-18)22(29)21-20(28(23)24)12-13-30-21/h3-13,17H,14-15H2,1-2H3/t17-/m1/s1. The van der Waals surface area contributed by atoms with E-state index in [1.165, 1.54) is 28.0 Å². The Morgan fingerprint density at radius 3 is 2.61 bits per heavy atom. The van der Waals surface area contributed by atoms with E-state index < -0.39 is 0 Å². The Morgan fingerprint density at radius 2 is 1.81 bits per heavy atom. The lowest BCUT2D eigenvalue weighted by atomic mass is 10.0. The number of nitrogens with zero attached hydrogens (tertiary/aromatic N) is 4. The van der Waals surface area contributed by atoms with Crippen LogP contribution in [0.5, 0.6) is 0 Å². The summed E-state index contributed by atoms with van der Waals surface area (Å²) in [5.41, 5.74) is 4.62. The van der Waals surface area contributed by atoms with Crippen LogP contribution in [-0.4, -0.2) is 19.2 Å². The van der Waals surface area contributed by atoms with Gasteiger partial charge in [-0.15, -0.1) is 21.5 Å². The fraction of sp³-hybridized carbons (Fsp3) is 0.208. The Labute approximate surface area is 188 Å². The largest absolute Gasteiger partial charge is 0.275 e. The maximum Gasteiger partial charge on any atom is 0.272 e. The second kappa shape index (κ2) is 8.32. The van der Waals surface area contributed by atoms with Crippen molar-refractivity contribution in [3.8, 4) is 0 Å². The van der Waals surface area contributed by atoms with Crippen molar-refractivity contribution in [2.75, 3.05) is 0 Å². The average molecular weight is 447 g/mol. The van der Waals surface area contributed by atoms with E-state index in [2.05, 4.69) is 60.4 Å². The molecule has 0 unspecified atom stereocenters. The first-order chi connectivity index (χ1) is 15.1. The molecule has 5 aromatic rings. The lowest BCUT2D eigenvalue weighted by molar-refractivity contribution is 0.588. The number of benzene rings is 2. The zero-order valence-electron chi connectivity index (χ0n) is 17.4.